The first-order chi connectivity index (χ1) is 8.43. The summed E-state index contributed by atoms with van der Waals surface area (Å²) in [6.07, 6.45) is 2.77. The topological polar surface area (TPSA) is 12.0 Å². The molecule has 2 bridgehead atoms. The van der Waals surface area contributed by atoms with Crippen molar-refractivity contribution in [3.63, 3.8) is 0 Å². The molecule has 0 saturated carbocycles. The predicted octanol–water partition coefficient (Wildman–Crippen LogP) is 0.896. The predicted molar refractivity (Wildman–Crippen MR) is 86.2 cm³/mol. The van der Waals surface area contributed by atoms with Crippen LogP contribution in [0.1, 0.15) is 47.5 Å². The number of hydrogen-bond acceptors (Lipinski definition) is 1. The fourth-order valence-electron chi connectivity index (χ4n) is 3.67. The second kappa shape index (κ2) is 6.20. The Hall–Kier alpha value is 1.03. The molecule has 2 rings (SSSR count). The summed E-state index contributed by atoms with van der Waals surface area (Å²) < 4.78 is 8.81. The van der Waals surface area contributed by atoms with Crippen LogP contribution < -0.4 is 24.7 Å². The van der Waals surface area contributed by atoms with Gasteiger partial charge in [-0.2, -0.15) is 0 Å². The average Bonchev–Trinajstić information content (AvgIpc) is 2.26. The number of alkyl halides is 2. The summed E-state index contributed by atoms with van der Waals surface area (Å²) in [5.74, 6) is 1.59. The maximum atomic E-state index is 3.90. The molecule has 0 aromatic carbocycles. The van der Waals surface area contributed by atoms with Gasteiger partial charge in [-0.15, -0.1) is 0 Å². The van der Waals surface area contributed by atoms with Gasteiger partial charge in [0.25, 0.3) is 0 Å². The zero-order chi connectivity index (χ0) is 13.3. The van der Waals surface area contributed by atoms with Gasteiger partial charge in [-0.25, -0.2) is 0 Å². The fourth-order valence-corrected chi connectivity index (χ4v) is 9.89. The summed E-state index contributed by atoms with van der Waals surface area (Å²) in [6, 6.07) is 0. The van der Waals surface area contributed by atoms with Crippen LogP contribution in [-0.2, 0) is 0 Å². The summed E-state index contributed by atoms with van der Waals surface area (Å²) in [4.78, 5) is 0. The number of halogens is 2. The van der Waals surface area contributed by atoms with E-state index in [9.17, 15) is 0 Å². The van der Waals surface area contributed by atoms with Crippen LogP contribution in [0.5, 0.6) is 0 Å². The van der Waals surface area contributed by atoms with Crippen LogP contribution in [0, 0.1) is 11.8 Å². The molecule has 1 nitrogen and oxygen atoms in total. The van der Waals surface area contributed by atoms with Crippen molar-refractivity contribution >= 4 is 25.0 Å². The molecule has 1 heterocycles. The third kappa shape index (κ3) is 3.19. The Morgan fingerprint density at radius 2 is 2.11 bits per heavy atom. The minimum atomic E-state index is 0.0979. The SMILES string of the molecule is CC1=C2CC[C@H](C)[C@@H]1C(C)(C)NI=CC[I-][C@@H]2C. The number of nitrogens with one attached hydrogen (secondary N) is 1. The molecule has 0 aromatic heterocycles. The van der Waals surface area contributed by atoms with Crippen LogP contribution in [0.4, 0.5) is 0 Å². The van der Waals surface area contributed by atoms with Crippen molar-refractivity contribution in [2.75, 3.05) is 4.43 Å². The van der Waals surface area contributed by atoms with Crippen LogP contribution in [0.25, 0.3) is 0 Å². The Bertz CT molecular complexity index is 371. The normalized spacial score (nSPS) is 37.5. The molecule has 106 valence electrons. The first kappa shape index (κ1) is 15.4. The van der Waals surface area contributed by atoms with Crippen molar-refractivity contribution in [3.05, 3.63) is 11.1 Å². The van der Waals surface area contributed by atoms with Crippen molar-refractivity contribution < 1.29 is 21.2 Å². The van der Waals surface area contributed by atoms with E-state index in [-0.39, 0.29) is 26.5 Å². The van der Waals surface area contributed by atoms with E-state index in [1.807, 2.05) is 5.57 Å². The van der Waals surface area contributed by atoms with E-state index >= 15 is 0 Å². The summed E-state index contributed by atoms with van der Waals surface area (Å²) in [6.45, 7) is 12.2. The van der Waals surface area contributed by atoms with E-state index < -0.39 is 0 Å². The van der Waals surface area contributed by atoms with Crippen molar-refractivity contribution in [1.29, 1.82) is 0 Å². The van der Waals surface area contributed by atoms with Crippen LogP contribution in [0.15, 0.2) is 11.1 Å². The summed E-state index contributed by atoms with van der Waals surface area (Å²) in [5.41, 5.74) is 3.85. The quantitative estimate of drug-likeness (QED) is 0.238. The first-order valence-corrected chi connectivity index (χ1v) is 12.0. The van der Waals surface area contributed by atoms with E-state index in [1.54, 1.807) is 5.57 Å². The van der Waals surface area contributed by atoms with E-state index in [0.29, 0.717) is 21.2 Å². The van der Waals surface area contributed by atoms with Crippen LogP contribution in [0.2, 0.25) is 0 Å². The molecule has 18 heavy (non-hydrogen) atoms. The number of rotatable bonds is 0. The number of fused-ring (bicyclic) bond motifs is 1. The maximum absolute atomic E-state index is 3.90. The van der Waals surface area contributed by atoms with Crippen LogP contribution in [-0.4, -0.2) is 17.9 Å². The van der Waals surface area contributed by atoms with Gasteiger partial charge in [0.1, 0.15) is 0 Å². The van der Waals surface area contributed by atoms with Gasteiger partial charge in [0, 0.05) is 0 Å². The third-order valence-corrected chi connectivity index (χ3v) is 11.7. The Labute approximate surface area is 133 Å². The van der Waals surface area contributed by atoms with Gasteiger partial charge in [0.2, 0.25) is 0 Å². The number of allylic oxidation sites excluding steroid dienone is 1. The zero-order valence-electron chi connectivity index (χ0n) is 12.2. The monoisotopic (exact) mass is 474 g/mol. The minimum absolute atomic E-state index is 0.0979. The van der Waals surface area contributed by atoms with E-state index in [0.717, 1.165) is 15.8 Å². The van der Waals surface area contributed by atoms with Gasteiger partial charge < -0.3 is 0 Å². The molecular formula is C15H26I2N-. The summed E-state index contributed by atoms with van der Waals surface area (Å²) in [7, 11) is 0. The molecule has 3 heteroatoms. The second-order valence-corrected chi connectivity index (χ2v) is 11.9. The Balaban J connectivity index is 2.42. The first-order valence-electron chi connectivity index (χ1n) is 6.92. The molecule has 1 N–H and O–H groups in total. The zero-order valence-corrected chi connectivity index (χ0v) is 16.5. The van der Waals surface area contributed by atoms with Crippen molar-refractivity contribution in [2.45, 2.75) is 56.9 Å². The van der Waals surface area contributed by atoms with Gasteiger partial charge in [0.15, 0.2) is 0 Å². The van der Waals surface area contributed by atoms with Crippen molar-refractivity contribution in [3.8, 4) is 0 Å². The van der Waals surface area contributed by atoms with E-state index in [2.05, 4.69) is 42.2 Å². The molecule has 0 saturated heterocycles. The number of hydrogen-bond donors (Lipinski definition) is 1. The molecule has 0 unspecified atom stereocenters. The van der Waals surface area contributed by atoms with Gasteiger partial charge in [-0.3, -0.25) is 0 Å². The van der Waals surface area contributed by atoms with E-state index in [4.69, 9.17) is 0 Å². The third-order valence-electron chi connectivity index (χ3n) is 4.42. The molecule has 0 fully saturated rings. The molecule has 0 aromatic rings. The average molecular weight is 474 g/mol. The van der Waals surface area contributed by atoms with Crippen molar-refractivity contribution in [1.82, 2.24) is 3.53 Å². The summed E-state index contributed by atoms with van der Waals surface area (Å²) >= 11 is 0.444. The molecule has 1 aliphatic carbocycles. The van der Waals surface area contributed by atoms with Crippen LogP contribution >= 0.6 is 21.0 Å². The fraction of sp³-hybridized carbons (Fsp3) is 0.800. The Kier molecular flexibility index (Phi) is 5.32. The van der Waals surface area contributed by atoms with Gasteiger partial charge in [-0.1, -0.05) is 0 Å². The summed E-state index contributed by atoms with van der Waals surface area (Å²) in [5, 5.41) is 0. The molecule has 0 radical (unpaired) electrons. The molecule has 1 aliphatic heterocycles. The van der Waals surface area contributed by atoms with Gasteiger partial charge in [-0.05, 0) is 0 Å². The molecule has 2 aliphatic rings. The second-order valence-electron chi connectivity index (χ2n) is 6.21. The molecule has 3 atom stereocenters. The van der Waals surface area contributed by atoms with Crippen LogP contribution in [0.3, 0.4) is 0 Å². The standard InChI is InChI=1S/C15H26I2N/c1-10-6-7-13-11(2)14(10)15(4,5)18-17-9-8-16-12(13)3/h9-10,12,14,18H,6-8H2,1-5H3/q-1/t10-,12+,14-/m0/s1. The molecule has 0 spiro atoms. The Morgan fingerprint density at radius 1 is 1.39 bits per heavy atom. The van der Waals surface area contributed by atoms with Gasteiger partial charge in [0.05, 0.1) is 0 Å². The Morgan fingerprint density at radius 3 is 2.83 bits per heavy atom. The van der Waals surface area contributed by atoms with E-state index in [1.165, 1.54) is 17.3 Å². The molecular weight excluding hydrogens is 448 g/mol. The van der Waals surface area contributed by atoms with Crippen molar-refractivity contribution in [2.24, 2.45) is 11.8 Å². The van der Waals surface area contributed by atoms with Gasteiger partial charge >= 0.3 is 134 Å². The molecule has 0 amide bonds.